The normalized spacial score (nSPS) is 10.7. The minimum atomic E-state index is -0.153. The molecule has 1 aromatic heterocycles. The third-order valence-electron chi connectivity index (χ3n) is 3.42. The van der Waals surface area contributed by atoms with Crippen molar-refractivity contribution >= 4 is 55.3 Å². The lowest BCUT2D eigenvalue weighted by atomic mass is 10.3. The number of aromatic nitrogens is 3. The summed E-state index contributed by atoms with van der Waals surface area (Å²) in [6.07, 6.45) is 0. The maximum atomic E-state index is 12.5. The molecule has 5 nitrogen and oxygen atoms in total. The van der Waals surface area contributed by atoms with Crippen molar-refractivity contribution in [2.75, 3.05) is 5.32 Å². The second-order valence-electron chi connectivity index (χ2n) is 5.21. The van der Waals surface area contributed by atoms with Crippen LogP contribution in [0.5, 0.6) is 0 Å². The van der Waals surface area contributed by atoms with Gasteiger partial charge in [0.05, 0.1) is 0 Å². The van der Waals surface area contributed by atoms with Gasteiger partial charge in [-0.1, -0.05) is 31.9 Å². The quantitative estimate of drug-likeness (QED) is 0.533. The van der Waals surface area contributed by atoms with E-state index in [1.165, 1.54) is 4.57 Å². The number of hydrogen-bond donors (Lipinski definition) is 1. The first-order valence-electron chi connectivity index (χ1n) is 7.36. The van der Waals surface area contributed by atoms with Crippen LogP contribution >= 0.6 is 43.6 Å². The molecule has 0 saturated carbocycles. The van der Waals surface area contributed by atoms with Crippen LogP contribution < -0.4 is 10.9 Å². The van der Waals surface area contributed by atoms with E-state index in [0.717, 1.165) is 19.5 Å². The molecule has 3 rings (SSSR count). The smallest absolute Gasteiger partial charge is 0.277 e. The van der Waals surface area contributed by atoms with E-state index < -0.39 is 0 Å². The van der Waals surface area contributed by atoms with Crippen LogP contribution in [0.2, 0.25) is 0 Å². The SMILES string of the molecule is Cn1c(Nc2ccc(Br)cc2)nnc(CSc2ccc(Br)cc2)c1=O. The van der Waals surface area contributed by atoms with Crippen molar-refractivity contribution in [2.24, 2.45) is 7.05 Å². The van der Waals surface area contributed by atoms with Gasteiger partial charge in [0.15, 0.2) is 0 Å². The van der Waals surface area contributed by atoms with Gasteiger partial charge in [-0.05, 0) is 48.5 Å². The van der Waals surface area contributed by atoms with Gasteiger partial charge in [-0.15, -0.1) is 22.0 Å². The Balaban J connectivity index is 1.74. The molecule has 0 aliphatic rings. The average Bonchev–Trinajstić information content (AvgIpc) is 2.61. The second-order valence-corrected chi connectivity index (χ2v) is 8.09. The molecule has 0 aliphatic heterocycles. The number of nitrogens with one attached hydrogen (secondary N) is 1. The van der Waals surface area contributed by atoms with Crippen molar-refractivity contribution in [3.05, 3.63) is 73.5 Å². The molecule has 0 amide bonds. The highest BCUT2D eigenvalue weighted by atomic mass is 79.9. The van der Waals surface area contributed by atoms with Gasteiger partial charge in [0.25, 0.3) is 5.56 Å². The van der Waals surface area contributed by atoms with Crippen molar-refractivity contribution in [2.45, 2.75) is 10.6 Å². The zero-order valence-electron chi connectivity index (χ0n) is 13.2. The molecule has 8 heteroatoms. The van der Waals surface area contributed by atoms with Crippen LogP contribution in [-0.4, -0.2) is 14.8 Å². The average molecular weight is 482 g/mol. The Kier molecular flexibility index (Phi) is 5.93. The van der Waals surface area contributed by atoms with Crippen molar-refractivity contribution in [3.63, 3.8) is 0 Å². The summed E-state index contributed by atoms with van der Waals surface area (Å²) in [4.78, 5) is 13.6. The third kappa shape index (κ3) is 4.71. The molecule has 0 fully saturated rings. The molecule has 25 heavy (non-hydrogen) atoms. The first-order chi connectivity index (χ1) is 12.0. The molecule has 3 aromatic rings. The molecule has 0 unspecified atom stereocenters. The number of nitrogens with zero attached hydrogens (tertiary/aromatic N) is 3. The van der Waals surface area contributed by atoms with Crippen LogP contribution in [0.25, 0.3) is 0 Å². The minimum absolute atomic E-state index is 0.153. The van der Waals surface area contributed by atoms with Gasteiger partial charge in [0, 0.05) is 32.3 Å². The number of benzene rings is 2. The molecule has 0 saturated heterocycles. The molecule has 128 valence electrons. The summed E-state index contributed by atoms with van der Waals surface area (Å²) in [6.45, 7) is 0. The van der Waals surface area contributed by atoms with E-state index in [2.05, 4.69) is 47.4 Å². The van der Waals surface area contributed by atoms with Crippen LogP contribution in [0, 0.1) is 0 Å². The summed E-state index contributed by atoms with van der Waals surface area (Å²) in [5.41, 5.74) is 1.11. The van der Waals surface area contributed by atoms with E-state index in [9.17, 15) is 4.79 Å². The Morgan fingerprint density at radius 3 is 2.24 bits per heavy atom. The van der Waals surface area contributed by atoms with Gasteiger partial charge in [0.2, 0.25) is 5.95 Å². The summed E-state index contributed by atoms with van der Waals surface area (Å²) in [5.74, 6) is 0.879. The second kappa shape index (κ2) is 8.16. The Bertz CT molecular complexity index is 927. The molecule has 0 aliphatic carbocycles. The van der Waals surface area contributed by atoms with Gasteiger partial charge >= 0.3 is 0 Å². The molecular formula is C17H14Br2N4OS. The number of anilines is 2. The van der Waals surface area contributed by atoms with E-state index in [4.69, 9.17) is 0 Å². The van der Waals surface area contributed by atoms with E-state index in [1.54, 1.807) is 18.8 Å². The highest BCUT2D eigenvalue weighted by Crippen LogP contribution is 2.23. The van der Waals surface area contributed by atoms with E-state index in [1.807, 2.05) is 48.5 Å². The molecule has 1 heterocycles. The van der Waals surface area contributed by atoms with Crippen LogP contribution in [0.3, 0.4) is 0 Å². The Morgan fingerprint density at radius 2 is 1.60 bits per heavy atom. The predicted molar refractivity (Wildman–Crippen MR) is 108 cm³/mol. The highest BCUT2D eigenvalue weighted by molar-refractivity contribution is 9.10. The summed E-state index contributed by atoms with van der Waals surface area (Å²) in [5, 5.41) is 11.4. The number of rotatable bonds is 5. The fourth-order valence-corrected chi connectivity index (χ4v) is 3.39. The topological polar surface area (TPSA) is 59.8 Å². The maximum Gasteiger partial charge on any atom is 0.277 e. The van der Waals surface area contributed by atoms with E-state index in [-0.39, 0.29) is 5.56 Å². The van der Waals surface area contributed by atoms with Crippen molar-refractivity contribution < 1.29 is 0 Å². The van der Waals surface area contributed by atoms with Gasteiger partial charge in [-0.25, -0.2) is 0 Å². The third-order valence-corrected chi connectivity index (χ3v) is 5.50. The summed E-state index contributed by atoms with van der Waals surface area (Å²) < 4.78 is 3.49. The largest absolute Gasteiger partial charge is 0.324 e. The Morgan fingerprint density at radius 1 is 1.00 bits per heavy atom. The van der Waals surface area contributed by atoms with Crippen LogP contribution in [0.4, 0.5) is 11.6 Å². The minimum Gasteiger partial charge on any atom is -0.324 e. The number of thioether (sulfide) groups is 1. The highest BCUT2D eigenvalue weighted by Gasteiger charge is 2.10. The molecule has 0 spiro atoms. The van der Waals surface area contributed by atoms with Gasteiger partial charge < -0.3 is 5.32 Å². The fraction of sp³-hybridized carbons (Fsp3) is 0.118. The van der Waals surface area contributed by atoms with E-state index >= 15 is 0 Å². The van der Waals surface area contributed by atoms with Crippen LogP contribution in [0.15, 0.2) is 67.2 Å². The molecular weight excluding hydrogens is 468 g/mol. The van der Waals surface area contributed by atoms with Gasteiger partial charge in [-0.3, -0.25) is 9.36 Å². The molecule has 0 atom stereocenters. The summed E-state index contributed by atoms with van der Waals surface area (Å²) in [6, 6.07) is 15.6. The van der Waals surface area contributed by atoms with Crippen molar-refractivity contribution in [1.82, 2.24) is 14.8 Å². The number of hydrogen-bond acceptors (Lipinski definition) is 5. The lowest BCUT2D eigenvalue weighted by molar-refractivity contribution is 0.764. The zero-order chi connectivity index (χ0) is 17.8. The molecule has 1 N–H and O–H groups in total. The molecule has 2 aromatic carbocycles. The Hall–Kier alpha value is -1.64. The Labute approximate surface area is 166 Å². The van der Waals surface area contributed by atoms with Crippen LogP contribution in [0.1, 0.15) is 5.69 Å². The molecule has 0 bridgehead atoms. The van der Waals surface area contributed by atoms with Crippen molar-refractivity contribution in [1.29, 1.82) is 0 Å². The lowest BCUT2D eigenvalue weighted by Gasteiger charge is -2.10. The number of halogens is 2. The van der Waals surface area contributed by atoms with Crippen molar-refractivity contribution in [3.8, 4) is 0 Å². The standard InChI is InChI=1S/C17H14Br2N4OS/c1-23-16(24)15(10-25-14-8-4-12(19)5-9-14)21-22-17(23)20-13-6-2-11(18)3-7-13/h2-9H,10H2,1H3,(H,20,22). The monoisotopic (exact) mass is 480 g/mol. The maximum absolute atomic E-state index is 12.5. The molecule has 0 radical (unpaired) electrons. The fourth-order valence-electron chi connectivity index (χ4n) is 2.05. The first kappa shape index (κ1) is 18.2. The summed E-state index contributed by atoms with van der Waals surface area (Å²) in [7, 11) is 1.69. The zero-order valence-corrected chi connectivity index (χ0v) is 17.2. The summed E-state index contributed by atoms with van der Waals surface area (Å²) >= 11 is 8.35. The van der Waals surface area contributed by atoms with E-state index in [0.29, 0.717) is 17.4 Å². The van der Waals surface area contributed by atoms with Gasteiger partial charge in [-0.2, -0.15) is 0 Å². The lowest BCUT2D eigenvalue weighted by Crippen LogP contribution is -2.26. The van der Waals surface area contributed by atoms with Gasteiger partial charge in [0.1, 0.15) is 5.69 Å². The van der Waals surface area contributed by atoms with Crippen LogP contribution in [-0.2, 0) is 12.8 Å². The first-order valence-corrected chi connectivity index (χ1v) is 9.93. The predicted octanol–water partition coefficient (Wildman–Crippen LogP) is 4.74.